The summed E-state index contributed by atoms with van der Waals surface area (Å²) in [5.41, 5.74) is 0. The largest absolute Gasteiger partial charge is 0.465 e. The van der Waals surface area contributed by atoms with Gasteiger partial charge in [0.1, 0.15) is 0 Å². The summed E-state index contributed by atoms with van der Waals surface area (Å²) < 4.78 is 15.7. The van der Waals surface area contributed by atoms with Crippen LogP contribution in [0.4, 0.5) is 0 Å². The minimum atomic E-state index is -0.866. The molecule has 0 aliphatic rings. The highest BCUT2D eigenvalue weighted by Gasteiger charge is 2.25. The quantitative estimate of drug-likeness (QED) is 0.434. The number of hydrogen-bond donors (Lipinski definition) is 0. The molecule has 0 aliphatic carbocycles. The molecule has 0 N–H and O–H groups in total. The van der Waals surface area contributed by atoms with Gasteiger partial charge in [-0.3, -0.25) is 4.79 Å². The van der Waals surface area contributed by atoms with E-state index in [0.29, 0.717) is 19.8 Å². The van der Waals surface area contributed by atoms with Crippen LogP contribution < -0.4 is 0 Å². The molecule has 5 heteroatoms. The topological polar surface area (TPSA) is 61.8 Å². The maximum absolute atomic E-state index is 12.0. The minimum absolute atomic E-state index is 0.0899. The van der Waals surface area contributed by atoms with Crippen LogP contribution in [-0.4, -0.2) is 37.9 Å². The van der Waals surface area contributed by atoms with E-state index in [4.69, 9.17) is 14.2 Å². The minimum Gasteiger partial charge on any atom is -0.465 e. The fraction of sp³-hybridized carbons (Fsp3) is 0.875. The van der Waals surface area contributed by atoms with Crippen molar-refractivity contribution >= 4 is 11.9 Å². The van der Waals surface area contributed by atoms with Crippen LogP contribution in [0.2, 0.25) is 0 Å². The van der Waals surface area contributed by atoms with Crippen molar-refractivity contribution in [3.8, 4) is 0 Å². The maximum atomic E-state index is 12.0. The molecule has 21 heavy (non-hydrogen) atoms. The first kappa shape index (κ1) is 19.9. The van der Waals surface area contributed by atoms with Gasteiger partial charge in [0.25, 0.3) is 0 Å². The number of carbonyl (C=O) groups is 2. The van der Waals surface area contributed by atoms with E-state index >= 15 is 0 Å². The Labute approximate surface area is 128 Å². The predicted octanol–water partition coefficient (Wildman–Crippen LogP) is 2.96. The van der Waals surface area contributed by atoms with Crippen molar-refractivity contribution in [2.75, 3.05) is 19.8 Å². The van der Waals surface area contributed by atoms with Crippen LogP contribution in [0.15, 0.2) is 0 Å². The maximum Gasteiger partial charge on any atom is 0.335 e. The van der Waals surface area contributed by atoms with Crippen LogP contribution in [0.25, 0.3) is 0 Å². The first-order valence-corrected chi connectivity index (χ1v) is 7.80. The highest BCUT2D eigenvalue weighted by atomic mass is 16.6. The summed E-state index contributed by atoms with van der Waals surface area (Å²) in [5, 5.41) is 0. The number of carbonyl (C=O) groups excluding carboxylic acids is 2. The van der Waals surface area contributed by atoms with Crippen LogP contribution in [-0.2, 0) is 23.8 Å². The Morgan fingerprint density at radius 1 is 0.952 bits per heavy atom. The molecule has 0 fully saturated rings. The molecule has 1 atom stereocenters. The molecule has 0 rings (SSSR count). The summed E-state index contributed by atoms with van der Waals surface area (Å²) in [6, 6.07) is 0. The molecule has 0 aromatic carbocycles. The van der Waals surface area contributed by atoms with Crippen LogP contribution in [0.1, 0.15) is 53.9 Å². The molecule has 1 unspecified atom stereocenters. The smallest absolute Gasteiger partial charge is 0.335 e. The Morgan fingerprint density at radius 2 is 1.52 bits per heavy atom. The van der Waals surface area contributed by atoms with E-state index in [2.05, 4.69) is 0 Å². The molecule has 124 valence electrons. The third-order valence-corrected chi connectivity index (χ3v) is 2.57. The summed E-state index contributed by atoms with van der Waals surface area (Å²) in [7, 11) is 0. The van der Waals surface area contributed by atoms with E-state index in [9.17, 15) is 9.59 Å². The molecule has 0 aliphatic heterocycles. The van der Waals surface area contributed by atoms with Crippen molar-refractivity contribution in [2.45, 2.75) is 60.0 Å². The molecule has 5 nitrogen and oxygen atoms in total. The molecule has 0 aromatic heterocycles. The fourth-order valence-corrected chi connectivity index (χ4v) is 1.39. The predicted molar refractivity (Wildman–Crippen MR) is 80.9 cm³/mol. The van der Waals surface area contributed by atoms with Crippen LogP contribution in [0.5, 0.6) is 0 Å². The molecular formula is C16H30O5. The van der Waals surface area contributed by atoms with Gasteiger partial charge in [0.05, 0.1) is 19.6 Å². The van der Waals surface area contributed by atoms with Gasteiger partial charge in [-0.15, -0.1) is 0 Å². The highest BCUT2D eigenvalue weighted by Crippen LogP contribution is 2.07. The normalized spacial score (nSPS) is 12.5. The highest BCUT2D eigenvalue weighted by molar-refractivity contribution is 5.81. The van der Waals surface area contributed by atoms with Gasteiger partial charge in [-0.25, -0.2) is 4.79 Å². The molecule has 0 heterocycles. The van der Waals surface area contributed by atoms with Gasteiger partial charge in [0, 0.05) is 6.61 Å². The van der Waals surface area contributed by atoms with E-state index in [1.807, 2.05) is 34.6 Å². The first-order chi connectivity index (χ1) is 9.86. The van der Waals surface area contributed by atoms with E-state index < -0.39 is 18.0 Å². The molecule has 0 bridgehead atoms. The van der Waals surface area contributed by atoms with Crippen LogP contribution in [0, 0.1) is 11.8 Å². The summed E-state index contributed by atoms with van der Waals surface area (Å²) in [5.74, 6) is -0.396. The van der Waals surface area contributed by atoms with Crippen molar-refractivity contribution in [1.29, 1.82) is 0 Å². The van der Waals surface area contributed by atoms with Crippen molar-refractivity contribution < 1.29 is 23.8 Å². The second-order valence-electron chi connectivity index (χ2n) is 6.02. The van der Waals surface area contributed by atoms with Crippen LogP contribution >= 0.6 is 0 Å². The van der Waals surface area contributed by atoms with E-state index in [1.165, 1.54) is 0 Å². The van der Waals surface area contributed by atoms with Gasteiger partial charge in [0.2, 0.25) is 0 Å². The monoisotopic (exact) mass is 302 g/mol. The van der Waals surface area contributed by atoms with Crippen LogP contribution in [0.3, 0.4) is 0 Å². The molecule has 0 amide bonds. The summed E-state index contributed by atoms with van der Waals surface area (Å²) in [6.45, 7) is 11.0. The molecular weight excluding hydrogens is 272 g/mol. The van der Waals surface area contributed by atoms with Gasteiger partial charge in [-0.1, -0.05) is 41.0 Å². The average Bonchev–Trinajstić information content (AvgIpc) is 2.41. The fourth-order valence-electron chi connectivity index (χ4n) is 1.39. The second-order valence-corrected chi connectivity index (χ2v) is 6.02. The third kappa shape index (κ3) is 11.3. The summed E-state index contributed by atoms with van der Waals surface area (Å²) in [6.07, 6.45) is 0.850. The Hall–Kier alpha value is -1.10. The van der Waals surface area contributed by atoms with Gasteiger partial charge in [-0.2, -0.15) is 0 Å². The lowest BCUT2D eigenvalue weighted by atomic mass is 10.2. The summed E-state index contributed by atoms with van der Waals surface area (Å²) in [4.78, 5) is 23.7. The number of esters is 2. The number of unbranched alkanes of at least 4 members (excludes halogenated alkanes) is 1. The van der Waals surface area contributed by atoms with Gasteiger partial charge >= 0.3 is 11.9 Å². The Morgan fingerprint density at radius 3 is 2.05 bits per heavy atom. The van der Waals surface area contributed by atoms with Crippen molar-refractivity contribution in [1.82, 2.24) is 0 Å². The lowest BCUT2D eigenvalue weighted by molar-refractivity contribution is -0.165. The number of rotatable bonds is 11. The first-order valence-electron chi connectivity index (χ1n) is 7.80. The zero-order valence-electron chi connectivity index (χ0n) is 14.0. The van der Waals surface area contributed by atoms with Gasteiger partial charge in [0.15, 0.2) is 6.10 Å². The van der Waals surface area contributed by atoms with Crippen molar-refractivity contribution in [3.63, 3.8) is 0 Å². The Kier molecular flexibility index (Phi) is 10.9. The van der Waals surface area contributed by atoms with Gasteiger partial charge in [-0.05, 0) is 18.3 Å². The number of ether oxygens (including phenoxy) is 3. The molecule has 0 aromatic rings. The lowest BCUT2D eigenvalue weighted by Gasteiger charge is -2.17. The zero-order valence-corrected chi connectivity index (χ0v) is 14.0. The second kappa shape index (κ2) is 11.5. The van der Waals surface area contributed by atoms with E-state index in [-0.39, 0.29) is 18.3 Å². The molecule has 0 radical (unpaired) electrons. The van der Waals surface area contributed by atoms with Crippen molar-refractivity contribution in [2.24, 2.45) is 11.8 Å². The standard InChI is InChI=1S/C16H30O5/c1-6-7-8-19-14(16(18)21-11-13(4)5)9-15(17)20-10-12(2)3/h12-14H,6-11H2,1-5H3. The third-order valence-electron chi connectivity index (χ3n) is 2.57. The summed E-state index contributed by atoms with van der Waals surface area (Å²) >= 11 is 0. The van der Waals surface area contributed by atoms with Gasteiger partial charge < -0.3 is 14.2 Å². The lowest BCUT2D eigenvalue weighted by Crippen LogP contribution is -2.31. The molecule has 0 spiro atoms. The SMILES string of the molecule is CCCCOC(CC(=O)OCC(C)C)C(=O)OCC(C)C. The van der Waals surface area contributed by atoms with E-state index in [1.54, 1.807) is 0 Å². The number of hydrogen-bond acceptors (Lipinski definition) is 5. The average molecular weight is 302 g/mol. The van der Waals surface area contributed by atoms with E-state index in [0.717, 1.165) is 12.8 Å². The Bertz CT molecular complexity index is 299. The zero-order chi connectivity index (χ0) is 16.3. The molecule has 0 saturated heterocycles. The van der Waals surface area contributed by atoms with Crippen molar-refractivity contribution in [3.05, 3.63) is 0 Å². The molecule has 0 saturated carbocycles. The Balaban J connectivity index is 4.35.